The summed E-state index contributed by atoms with van der Waals surface area (Å²) in [6.07, 6.45) is 0. The van der Waals surface area contributed by atoms with Gasteiger partial charge in [0.15, 0.2) is 0 Å². The Morgan fingerprint density at radius 1 is 1.62 bits per heavy atom. The number of hydrogen-bond acceptors (Lipinski definition) is 1. The van der Waals surface area contributed by atoms with Crippen LogP contribution in [0.5, 0.6) is 0 Å². The summed E-state index contributed by atoms with van der Waals surface area (Å²) < 4.78 is 17.7. The minimum Gasteiger partial charge on any atom is -0.384 e. The lowest BCUT2D eigenvalue weighted by molar-refractivity contribution is 0.190. The maximum Gasteiger partial charge on any atom is 0.141 e. The van der Waals surface area contributed by atoms with Gasteiger partial charge >= 0.3 is 0 Å². The molecule has 71 valence electrons. The second-order valence-electron chi connectivity index (χ2n) is 2.83. The topological polar surface area (TPSA) is 9.23 Å². The molecular formula is C10H11ClFO. The van der Waals surface area contributed by atoms with E-state index in [0.717, 1.165) is 5.56 Å². The summed E-state index contributed by atoms with van der Waals surface area (Å²) in [4.78, 5) is 0. The van der Waals surface area contributed by atoms with Crippen molar-refractivity contribution in [1.29, 1.82) is 0 Å². The predicted molar refractivity (Wildman–Crippen MR) is 51.4 cm³/mol. The van der Waals surface area contributed by atoms with Gasteiger partial charge in [-0.05, 0) is 24.6 Å². The first-order valence-corrected chi connectivity index (χ1v) is 4.30. The first-order chi connectivity index (χ1) is 6.15. The smallest absolute Gasteiger partial charge is 0.141 e. The van der Waals surface area contributed by atoms with Gasteiger partial charge in [-0.15, -0.1) is 0 Å². The van der Waals surface area contributed by atoms with E-state index < -0.39 is 5.82 Å². The van der Waals surface area contributed by atoms with Crippen molar-refractivity contribution in [2.45, 2.75) is 5.92 Å². The van der Waals surface area contributed by atoms with E-state index in [1.807, 2.05) is 0 Å². The second kappa shape index (κ2) is 4.58. The fourth-order valence-corrected chi connectivity index (χ4v) is 1.25. The van der Waals surface area contributed by atoms with Crippen LogP contribution in [0.15, 0.2) is 18.2 Å². The van der Waals surface area contributed by atoms with Crippen LogP contribution in [0.2, 0.25) is 5.02 Å². The van der Waals surface area contributed by atoms with Gasteiger partial charge < -0.3 is 4.74 Å². The normalized spacial score (nSPS) is 12.9. The average Bonchev–Trinajstić information content (AvgIpc) is 2.10. The Hall–Kier alpha value is -0.600. The van der Waals surface area contributed by atoms with Crippen LogP contribution in [0.4, 0.5) is 4.39 Å². The van der Waals surface area contributed by atoms with Crippen LogP contribution in [0.3, 0.4) is 0 Å². The van der Waals surface area contributed by atoms with Gasteiger partial charge in [0, 0.05) is 13.0 Å². The van der Waals surface area contributed by atoms with Gasteiger partial charge in [-0.3, -0.25) is 0 Å². The highest BCUT2D eigenvalue weighted by Crippen LogP contribution is 2.21. The zero-order chi connectivity index (χ0) is 9.84. The minimum absolute atomic E-state index is 0.0110. The van der Waals surface area contributed by atoms with E-state index in [-0.39, 0.29) is 10.9 Å². The van der Waals surface area contributed by atoms with Gasteiger partial charge in [-0.1, -0.05) is 17.7 Å². The van der Waals surface area contributed by atoms with Gasteiger partial charge in [0.25, 0.3) is 0 Å². The standard InChI is InChI=1S/C10H11ClFO/c1-7(6-13-2)8-3-4-10(12)9(11)5-8/h3-5,7H,1,6H2,2H3. The number of rotatable bonds is 3. The molecule has 0 spiro atoms. The number of hydrogen-bond donors (Lipinski definition) is 0. The molecule has 1 rings (SSSR count). The number of methoxy groups -OCH3 is 1. The van der Waals surface area contributed by atoms with Crippen molar-refractivity contribution >= 4 is 11.6 Å². The molecule has 0 fully saturated rings. The molecule has 0 aliphatic carbocycles. The van der Waals surface area contributed by atoms with E-state index in [4.69, 9.17) is 16.3 Å². The second-order valence-corrected chi connectivity index (χ2v) is 3.23. The van der Waals surface area contributed by atoms with Gasteiger partial charge in [0.2, 0.25) is 0 Å². The van der Waals surface area contributed by atoms with Crippen LogP contribution >= 0.6 is 11.6 Å². The molecule has 3 heteroatoms. The summed E-state index contributed by atoms with van der Waals surface area (Å²) in [7, 11) is 1.60. The molecule has 0 aromatic heterocycles. The summed E-state index contributed by atoms with van der Waals surface area (Å²) >= 11 is 5.61. The van der Waals surface area contributed by atoms with Crippen molar-refractivity contribution in [1.82, 2.24) is 0 Å². The van der Waals surface area contributed by atoms with Crippen molar-refractivity contribution in [3.63, 3.8) is 0 Å². The van der Waals surface area contributed by atoms with Crippen LogP contribution < -0.4 is 0 Å². The molecule has 0 saturated heterocycles. The molecular weight excluding hydrogens is 191 g/mol. The van der Waals surface area contributed by atoms with Gasteiger partial charge in [0.1, 0.15) is 5.82 Å². The molecule has 1 atom stereocenters. The fraction of sp³-hybridized carbons (Fsp3) is 0.300. The van der Waals surface area contributed by atoms with E-state index >= 15 is 0 Å². The summed E-state index contributed by atoms with van der Waals surface area (Å²) in [5, 5.41) is 0.127. The monoisotopic (exact) mass is 201 g/mol. The molecule has 1 aromatic rings. The highest BCUT2D eigenvalue weighted by atomic mass is 35.5. The maximum atomic E-state index is 12.8. The minimum atomic E-state index is -0.407. The van der Waals surface area contributed by atoms with Crippen molar-refractivity contribution < 1.29 is 9.13 Å². The first kappa shape index (κ1) is 10.5. The fourth-order valence-electron chi connectivity index (χ4n) is 1.06. The number of ether oxygens (including phenoxy) is 1. The lowest BCUT2D eigenvalue weighted by atomic mass is 10.0. The van der Waals surface area contributed by atoms with E-state index in [1.54, 1.807) is 19.2 Å². The molecule has 1 unspecified atom stereocenters. The molecule has 0 bridgehead atoms. The molecule has 0 N–H and O–H groups in total. The maximum absolute atomic E-state index is 12.8. The molecule has 1 aromatic carbocycles. The van der Waals surface area contributed by atoms with E-state index in [0.29, 0.717) is 6.61 Å². The quantitative estimate of drug-likeness (QED) is 0.731. The van der Waals surface area contributed by atoms with Crippen molar-refractivity contribution in [2.24, 2.45) is 0 Å². The Balaban J connectivity index is 2.84. The summed E-state index contributed by atoms with van der Waals surface area (Å²) in [5.74, 6) is -0.418. The van der Waals surface area contributed by atoms with Crippen LogP contribution in [-0.4, -0.2) is 13.7 Å². The Morgan fingerprint density at radius 3 is 2.85 bits per heavy atom. The summed E-state index contributed by atoms with van der Waals surface area (Å²) in [5.41, 5.74) is 0.883. The average molecular weight is 202 g/mol. The molecule has 0 heterocycles. The predicted octanol–water partition coefficient (Wildman–Crippen LogP) is 3.04. The highest BCUT2D eigenvalue weighted by Gasteiger charge is 2.07. The summed E-state index contributed by atoms with van der Waals surface area (Å²) in [6, 6.07) is 4.58. The van der Waals surface area contributed by atoms with Gasteiger partial charge in [-0.25, -0.2) is 4.39 Å². The third-order valence-corrected chi connectivity index (χ3v) is 2.07. The zero-order valence-corrected chi connectivity index (χ0v) is 8.14. The van der Waals surface area contributed by atoms with Crippen LogP contribution in [0.25, 0.3) is 0 Å². The zero-order valence-electron chi connectivity index (χ0n) is 7.39. The lowest BCUT2D eigenvalue weighted by Crippen LogP contribution is -2.02. The summed E-state index contributed by atoms with van der Waals surface area (Å²) in [6.45, 7) is 4.36. The molecule has 13 heavy (non-hydrogen) atoms. The van der Waals surface area contributed by atoms with Crippen molar-refractivity contribution in [3.05, 3.63) is 41.5 Å². The van der Waals surface area contributed by atoms with Crippen molar-refractivity contribution in [2.75, 3.05) is 13.7 Å². The molecule has 0 aliphatic heterocycles. The SMILES string of the molecule is [CH2]C(COC)c1ccc(F)c(Cl)c1. The van der Waals surface area contributed by atoms with E-state index in [2.05, 4.69) is 6.92 Å². The van der Waals surface area contributed by atoms with E-state index in [1.165, 1.54) is 6.07 Å². The molecule has 1 radical (unpaired) electrons. The number of benzene rings is 1. The first-order valence-electron chi connectivity index (χ1n) is 3.92. The molecule has 0 amide bonds. The molecule has 1 nitrogen and oxygen atoms in total. The third kappa shape index (κ3) is 2.68. The van der Waals surface area contributed by atoms with Crippen LogP contribution in [0, 0.1) is 12.7 Å². The van der Waals surface area contributed by atoms with Gasteiger partial charge in [-0.2, -0.15) is 0 Å². The van der Waals surface area contributed by atoms with Crippen molar-refractivity contribution in [3.8, 4) is 0 Å². The lowest BCUT2D eigenvalue weighted by Gasteiger charge is -2.10. The Kier molecular flexibility index (Phi) is 3.70. The largest absolute Gasteiger partial charge is 0.384 e. The van der Waals surface area contributed by atoms with Crippen LogP contribution in [-0.2, 0) is 4.74 Å². The Labute approximate surface area is 82.5 Å². The molecule has 0 saturated carbocycles. The third-order valence-electron chi connectivity index (χ3n) is 1.78. The van der Waals surface area contributed by atoms with Gasteiger partial charge in [0.05, 0.1) is 11.6 Å². The molecule has 0 aliphatic rings. The van der Waals surface area contributed by atoms with Crippen LogP contribution in [0.1, 0.15) is 11.5 Å². The Morgan fingerprint density at radius 2 is 2.31 bits per heavy atom. The van der Waals surface area contributed by atoms with E-state index in [9.17, 15) is 4.39 Å². The number of halogens is 2. The highest BCUT2D eigenvalue weighted by molar-refractivity contribution is 6.30. The Bertz CT molecular complexity index is 288.